The number of ether oxygens (including phenoxy) is 1. The van der Waals surface area contributed by atoms with Crippen molar-refractivity contribution in [2.24, 2.45) is 0 Å². The molecule has 0 aromatic heterocycles. The molecule has 0 saturated carbocycles. The second-order valence-electron chi connectivity index (χ2n) is 3.95. The van der Waals surface area contributed by atoms with E-state index in [2.05, 4.69) is 0 Å². The minimum Gasteiger partial charge on any atom is -0.389 e. The van der Waals surface area contributed by atoms with Crippen molar-refractivity contribution in [1.29, 1.82) is 0 Å². The van der Waals surface area contributed by atoms with Gasteiger partial charge < -0.3 is 30.3 Å². The summed E-state index contributed by atoms with van der Waals surface area (Å²) in [6.07, 6.45) is -6.24. The Balaban J connectivity index is 2.15. The number of piperidine rings is 1. The number of hydrogen-bond donors (Lipinski definition) is 5. The van der Waals surface area contributed by atoms with Crippen molar-refractivity contribution in [3.05, 3.63) is 0 Å². The summed E-state index contributed by atoms with van der Waals surface area (Å²) in [5.74, 6) is 0. The van der Waals surface area contributed by atoms with Gasteiger partial charge in [-0.25, -0.2) is 0 Å². The lowest BCUT2D eigenvalue weighted by molar-refractivity contribution is -0.291. The van der Waals surface area contributed by atoms with Crippen LogP contribution in [0.3, 0.4) is 0 Å². The number of morpholine rings is 1. The molecular weight excluding hydrogens is 206 g/mol. The Labute approximate surface area is 86.1 Å². The molecule has 0 bridgehead atoms. The van der Waals surface area contributed by atoms with Crippen LogP contribution in [0, 0.1) is 0 Å². The van der Waals surface area contributed by atoms with E-state index < -0.39 is 36.9 Å². The van der Waals surface area contributed by atoms with Crippen LogP contribution in [-0.2, 0) is 4.74 Å². The zero-order valence-electron chi connectivity index (χ0n) is 7.97. The molecule has 0 aromatic carbocycles. The van der Waals surface area contributed by atoms with Crippen LogP contribution in [0.4, 0.5) is 0 Å². The van der Waals surface area contributed by atoms with Gasteiger partial charge in [-0.05, 0) is 0 Å². The summed E-state index contributed by atoms with van der Waals surface area (Å²) in [6.45, 7) is -0.00630. The largest absolute Gasteiger partial charge is 0.389 e. The normalized spacial score (nSPS) is 52.6. The van der Waals surface area contributed by atoms with E-state index in [4.69, 9.17) is 4.74 Å². The molecule has 2 rings (SSSR count). The number of hydrogen-bond acceptors (Lipinski definition) is 7. The van der Waals surface area contributed by atoms with Gasteiger partial charge in [0, 0.05) is 6.54 Å². The highest BCUT2D eigenvalue weighted by atomic mass is 16.6. The fraction of sp³-hybridized carbons (Fsp3) is 1.00. The van der Waals surface area contributed by atoms with Crippen molar-refractivity contribution in [3.8, 4) is 0 Å². The Kier molecular flexibility index (Phi) is 2.95. The monoisotopic (exact) mass is 221 g/mol. The average Bonchev–Trinajstić information content (AvgIpc) is 2.21. The molecule has 0 aromatic rings. The van der Waals surface area contributed by atoms with Gasteiger partial charge in [0.05, 0.1) is 18.8 Å². The Bertz CT molecular complexity index is 239. The molecule has 6 unspecified atom stereocenters. The Morgan fingerprint density at radius 1 is 1.00 bits per heavy atom. The highest BCUT2D eigenvalue weighted by Crippen LogP contribution is 2.25. The molecule has 0 spiro atoms. The van der Waals surface area contributed by atoms with Crippen LogP contribution in [-0.4, -0.2) is 80.5 Å². The first-order valence-electron chi connectivity index (χ1n) is 4.80. The van der Waals surface area contributed by atoms with Gasteiger partial charge in [0.15, 0.2) is 12.5 Å². The van der Waals surface area contributed by atoms with Crippen LogP contribution in [0.25, 0.3) is 0 Å². The topological polar surface area (TPSA) is 114 Å². The quantitative estimate of drug-likeness (QED) is 0.287. The number of rotatable bonds is 0. The van der Waals surface area contributed by atoms with Gasteiger partial charge >= 0.3 is 0 Å². The third-order valence-electron chi connectivity index (χ3n) is 2.99. The minimum atomic E-state index is -1.35. The predicted octanol–water partition coefficient (Wildman–Crippen LogP) is -3.58. The minimum absolute atomic E-state index is 0.00315. The van der Waals surface area contributed by atoms with Crippen LogP contribution >= 0.6 is 0 Å². The van der Waals surface area contributed by atoms with Crippen LogP contribution in [0.15, 0.2) is 0 Å². The van der Waals surface area contributed by atoms with Gasteiger partial charge in [-0.1, -0.05) is 0 Å². The Morgan fingerprint density at radius 3 is 2.33 bits per heavy atom. The average molecular weight is 221 g/mol. The van der Waals surface area contributed by atoms with Crippen molar-refractivity contribution >= 4 is 0 Å². The maximum absolute atomic E-state index is 9.62. The molecule has 15 heavy (non-hydrogen) atoms. The van der Waals surface area contributed by atoms with E-state index in [1.54, 1.807) is 0 Å². The summed E-state index contributed by atoms with van der Waals surface area (Å²) in [6, 6.07) is -0.609. The Morgan fingerprint density at radius 2 is 1.67 bits per heavy atom. The van der Waals surface area contributed by atoms with Gasteiger partial charge in [-0.2, -0.15) is 0 Å². The molecule has 0 radical (unpaired) electrons. The van der Waals surface area contributed by atoms with Gasteiger partial charge in [0.2, 0.25) is 0 Å². The maximum Gasteiger partial charge on any atom is 0.195 e. The van der Waals surface area contributed by atoms with E-state index in [1.165, 1.54) is 4.90 Å². The van der Waals surface area contributed by atoms with Crippen LogP contribution in [0.1, 0.15) is 0 Å². The van der Waals surface area contributed by atoms with Crippen LogP contribution in [0.5, 0.6) is 0 Å². The van der Waals surface area contributed by atoms with Crippen molar-refractivity contribution in [1.82, 2.24) is 4.90 Å². The third kappa shape index (κ3) is 1.76. The molecule has 88 valence electrons. The van der Waals surface area contributed by atoms with E-state index in [0.717, 1.165) is 0 Å². The molecule has 2 fully saturated rings. The first-order valence-corrected chi connectivity index (χ1v) is 4.80. The summed E-state index contributed by atoms with van der Waals surface area (Å²) in [5.41, 5.74) is 0. The highest BCUT2D eigenvalue weighted by Gasteiger charge is 2.48. The molecular formula is C8H15NO6. The molecule has 6 atom stereocenters. The summed E-state index contributed by atoms with van der Waals surface area (Å²) in [4.78, 5) is 1.33. The second-order valence-corrected chi connectivity index (χ2v) is 3.95. The lowest BCUT2D eigenvalue weighted by Crippen LogP contribution is -2.69. The Hall–Kier alpha value is -0.280. The van der Waals surface area contributed by atoms with Crippen molar-refractivity contribution < 1.29 is 30.3 Å². The molecule has 5 N–H and O–H groups in total. The first-order chi connectivity index (χ1) is 7.02. The van der Waals surface area contributed by atoms with Crippen molar-refractivity contribution in [3.63, 3.8) is 0 Å². The van der Waals surface area contributed by atoms with Crippen LogP contribution < -0.4 is 0 Å². The fourth-order valence-electron chi connectivity index (χ4n) is 2.06. The van der Waals surface area contributed by atoms with E-state index in [0.29, 0.717) is 0 Å². The lowest BCUT2D eigenvalue weighted by Gasteiger charge is -2.49. The summed E-state index contributed by atoms with van der Waals surface area (Å²) in [5, 5.41) is 47.2. The molecule has 2 heterocycles. The number of aliphatic hydroxyl groups excluding tert-OH is 5. The van der Waals surface area contributed by atoms with Gasteiger partial charge in [0.1, 0.15) is 12.2 Å². The number of fused-ring (bicyclic) bond motifs is 1. The molecule has 0 aliphatic carbocycles. The molecule has 2 aliphatic rings. The third-order valence-corrected chi connectivity index (χ3v) is 2.99. The number of aliphatic hydroxyl groups is 5. The number of nitrogens with zero attached hydrogens (tertiary/aromatic N) is 1. The zero-order chi connectivity index (χ0) is 11.2. The molecule has 2 aliphatic heterocycles. The van der Waals surface area contributed by atoms with Gasteiger partial charge in [-0.3, -0.25) is 4.90 Å². The zero-order valence-corrected chi connectivity index (χ0v) is 7.97. The standard InChI is InChI=1S/C8H15NO6/c10-4-1-9-3(5(11)6(4)12)2-15-8(14)7(9)13/h3-8,10-14H,1-2H2. The summed E-state index contributed by atoms with van der Waals surface area (Å²) < 4.78 is 4.82. The highest BCUT2D eigenvalue weighted by molar-refractivity contribution is 4.97. The van der Waals surface area contributed by atoms with Gasteiger partial charge in [-0.15, -0.1) is 0 Å². The lowest BCUT2D eigenvalue weighted by atomic mass is 9.93. The molecule has 0 amide bonds. The van der Waals surface area contributed by atoms with E-state index in [-0.39, 0.29) is 13.2 Å². The maximum atomic E-state index is 9.62. The predicted molar refractivity (Wildman–Crippen MR) is 46.5 cm³/mol. The van der Waals surface area contributed by atoms with E-state index >= 15 is 0 Å². The fourth-order valence-corrected chi connectivity index (χ4v) is 2.06. The molecule has 7 nitrogen and oxygen atoms in total. The first kappa shape index (κ1) is 11.2. The van der Waals surface area contributed by atoms with Crippen molar-refractivity contribution in [2.45, 2.75) is 36.9 Å². The summed E-state index contributed by atoms with van der Waals surface area (Å²) in [7, 11) is 0. The van der Waals surface area contributed by atoms with Crippen molar-refractivity contribution in [2.75, 3.05) is 13.2 Å². The summed E-state index contributed by atoms with van der Waals surface area (Å²) >= 11 is 0. The second kappa shape index (κ2) is 3.95. The SMILES string of the molecule is OC1CN2C(O)C(O)OCC2C(O)C1O. The van der Waals surface area contributed by atoms with Crippen LogP contribution in [0.2, 0.25) is 0 Å². The molecule has 7 heteroatoms. The molecule has 2 saturated heterocycles. The van der Waals surface area contributed by atoms with E-state index in [9.17, 15) is 25.5 Å². The van der Waals surface area contributed by atoms with Gasteiger partial charge in [0.25, 0.3) is 0 Å². The van der Waals surface area contributed by atoms with E-state index in [1.807, 2.05) is 0 Å². The smallest absolute Gasteiger partial charge is 0.195 e.